The molecule has 0 aromatic carbocycles. The van der Waals surface area contributed by atoms with Crippen molar-refractivity contribution in [2.24, 2.45) is 0 Å². The summed E-state index contributed by atoms with van der Waals surface area (Å²) in [6, 6.07) is 0. The highest BCUT2D eigenvalue weighted by Gasteiger charge is 2.10. The SMILES string of the molecule is CNc1nnc(CN(C)CC(F)F)s1. The van der Waals surface area contributed by atoms with Crippen molar-refractivity contribution in [1.82, 2.24) is 15.1 Å². The van der Waals surface area contributed by atoms with Gasteiger partial charge in [-0.05, 0) is 7.05 Å². The zero-order valence-electron chi connectivity index (χ0n) is 8.00. The minimum Gasteiger partial charge on any atom is -0.363 e. The molecular weight excluding hydrogens is 210 g/mol. The van der Waals surface area contributed by atoms with Crippen LogP contribution in [0, 0.1) is 0 Å². The fourth-order valence-corrected chi connectivity index (χ4v) is 1.72. The van der Waals surface area contributed by atoms with Gasteiger partial charge in [-0.25, -0.2) is 8.78 Å². The zero-order valence-corrected chi connectivity index (χ0v) is 8.81. The Morgan fingerprint density at radius 3 is 2.71 bits per heavy atom. The molecule has 1 aromatic rings. The normalized spacial score (nSPS) is 11.3. The summed E-state index contributed by atoms with van der Waals surface area (Å²) in [7, 11) is 3.37. The average molecular weight is 222 g/mol. The van der Waals surface area contributed by atoms with Crippen molar-refractivity contribution in [3.63, 3.8) is 0 Å². The molecule has 0 saturated carbocycles. The molecule has 1 N–H and O–H groups in total. The Kier molecular flexibility index (Phi) is 4.15. The lowest BCUT2D eigenvalue weighted by atomic mass is 10.5. The van der Waals surface area contributed by atoms with Crippen molar-refractivity contribution in [3.8, 4) is 0 Å². The van der Waals surface area contributed by atoms with E-state index in [2.05, 4.69) is 15.5 Å². The molecule has 14 heavy (non-hydrogen) atoms. The molecule has 4 nitrogen and oxygen atoms in total. The Bertz CT molecular complexity index is 278. The third kappa shape index (κ3) is 3.51. The van der Waals surface area contributed by atoms with Crippen molar-refractivity contribution in [3.05, 3.63) is 5.01 Å². The third-order valence-corrected chi connectivity index (χ3v) is 2.46. The van der Waals surface area contributed by atoms with Gasteiger partial charge in [-0.2, -0.15) is 0 Å². The average Bonchev–Trinajstić information content (AvgIpc) is 2.50. The molecule has 0 aliphatic carbocycles. The van der Waals surface area contributed by atoms with Gasteiger partial charge in [0, 0.05) is 7.05 Å². The van der Waals surface area contributed by atoms with Crippen molar-refractivity contribution in [2.45, 2.75) is 13.0 Å². The Labute approximate surface area is 84.9 Å². The number of rotatable bonds is 5. The standard InChI is InChI=1S/C7H12F2N4S/c1-10-7-12-11-6(14-7)4-13(2)3-5(8)9/h5H,3-4H2,1-2H3,(H,10,12). The van der Waals surface area contributed by atoms with Crippen LogP contribution in [0.1, 0.15) is 5.01 Å². The van der Waals surface area contributed by atoms with E-state index in [1.54, 1.807) is 14.1 Å². The summed E-state index contributed by atoms with van der Waals surface area (Å²) >= 11 is 1.37. The minimum absolute atomic E-state index is 0.242. The molecule has 0 bridgehead atoms. The van der Waals surface area contributed by atoms with Crippen LogP contribution >= 0.6 is 11.3 Å². The second-order valence-corrected chi connectivity index (χ2v) is 3.90. The predicted octanol–water partition coefficient (Wildman–Crippen LogP) is 1.28. The highest BCUT2D eigenvalue weighted by atomic mass is 32.1. The first-order chi connectivity index (χ1) is 6.61. The molecular formula is C7H12F2N4S. The highest BCUT2D eigenvalue weighted by molar-refractivity contribution is 7.15. The summed E-state index contributed by atoms with van der Waals surface area (Å²) < 4.78 is 23.9. The van der Waals surface area contributed by atoms with Crippen LogP contribution in [0.3, 0.4) is 0 Å². The van der Waals surface area contributed by atoms with E-state index in [9.17, 15) is 8.78 Å². The van der Waals surface area contributed by atoms with Crippen molar-refractivity contribution >= 4 is 16.5 Å². The maximum Gasteiger partial charge on any atom is 0.251 e. The molecule has 0 atom stereocenters. The van der Waals surface area contributed by atoms with Crippen LogP contribution in [0.25, 0.3) is 0 Å². The molecule has 0 fully saturated rings. The molecule has 7 heteroatoms. The summed E-state index contributed by atoms with van der Waals surface area (Å²) in [5.41, 5.74) is 0. The van der Waals surface area contributed by atoms with E-state index in [4.69, 9.17) is 0 Å². The Morgan fingerprint density at radius 2 is 2.21 bits per heavy atom. The van der Waals surface area contributed by atoms with Crippen LogP contribution in [-0.4, -0.2) is 42.2 Å². The fourth-order valence-electron chi connectivity index (χ4n) is 0.950. The Balaban J connectivity index is 2.43. The van der Waals surface area contributed by atoms with Gasteiger partial charge >= 0.3 is 0 Å². The topological polar surface area (TPSA) is 41.1 Å². The fraction of sp³-hybridized carbons (Fsp3) is 0.714. The molecule has 0 saturated heterocycles. The first-order valence-corrected chi connectivity index (χ1v) is 4.90. The van der Waals surface area contributed by atoms with E-state index in [1.807, 2.05) is 0 Å². The van der Waals surface area contributed by atoms with Crippen LogP contribution in [0.5, 0.6) is 0 Å². The molecule has 0 aliphatic heterocycles. The lowest BCUT2D eigenvalue weighted by Crippen LogP contribution is -2.23. The lowest BCUT2D eigenvalue weighted by Gasteiger charge is -2.12. The van der Waals surface area contributed by atoms with E-state index in [0.29, 0.717) is 11.7 Å². The monoisotopic (exact) mass is 222 g/mol. The van der Waals surface area contributed by atoms with Crippen molar-refractivity contribution in [2.75, 3.05) is 26.0 Å². The van der Waals surface area contributed by atoms with Gasteiger partial charge in [-0.1, -0.05) is 11.3 Å². The molecule has 80 valence electrons. The van der Waals surface area contributed by atoms with Gasteiger partial charge < -0.3 is 5.32 Å². The van der Waals surface area contributed by atoms with Gasteiger partial charge in [-0.3, -0.25) is 4.90 Å². The van der Waals surface area contributed by atoms with Crippen molar-refractivity contribution < 1.29 is 8.78 Å². The van der Waals surface area contributed by atoms with E-state index >= 15 is 0 Å². The van der Waals surface area contributed by atoms with Crippen LogP contribution in [0.15, 0.2) is 0 Å². The largest absolute Gasteiger partial charge is 0.363 e. The van der Waals surface area contributed by atoms with E-state index in [0.717, 1.165) is 5.01 Å². The van der Waals surface area contributed by atoms with Crippen LogP contribution in [0.4, 0.5) is 13.9 Å². The van der Waals surface area contributed by atoms with Gasteiger partial charge in [0.15, 0.2) is 0 Å². The number of hydrogen-bond acceptors (Lipinski definition) is 5. The van der Waals surface area contributed by atoms with Gasteiger partial charge in [0.05, 0.1) is 13.1 Å². The smallest absolute Gasteiger partial charge is 0.251 e. The first kappa shape index (κ1) is 11.3. The molecule has 1 heterocycles. The van der Waals surface area contributed by atoms with E-state index in [-0.39, 0.29) is 6.54 Å². The van der Waals surface area contributed by atoms with Gasteiger partial charge in [0.1, 0.15) is 5.01 Å². The predicted molar refractivity (Wildman–Crippen MR) is 51.8 cm³/mol. The number of alkyl halides is 2. The lowest BCUT2D eigenvalue weighted by molar-refractivity contribution is 0.0974. The molecule has 0 spiro atoms. The van der Waals surface area contributed by atoms with Crippen LogP contribution < -0.4 is 5.32 Å². The number of nitrogens with zero attached hydrogens (tertiary/aromatic N) is 3. The Morgan fingerprint density at radius 1 is 1.50 bits per heavy atom. The molecule has 0 unspecified atom stereocenters. The first-order valence-electron chi connectivity index (χ1n) is 4.08. The summed E-state index contributed by atoms with van der Waals surface area (Å²) in [4.78, 5) is 1.52. The van der Waals surface area contributed by atoms with Gasteiger partial charge in [0.25, 0.3) is 6.43 Å². The van der Waals surface area contributed by atoms with Crippen LogP contribution in [0.2, 0.25) is 0 Å². The second-order valence-electron chi connectivity index (χ2n) is 2.84. The zero-order chi connectivity index (χ0) is 10.6. The highest BCUT2D eigenvalue weighted by Crippen LogP contribution is 2.15. The summed E-state index contributed by atoms with van der Waals surface area (Å²) in [5.74, 6) is 0. The quantitative estimate of drug-likeness (QED) is 0.814. The second kappa shape index (κ2) is 5.16. The van der Waals surface area contributed by atoms with Gasteiger partial charge in [0.2, 0.25) is 5.13 Å². The molecule has 0 aliphatic rings. The van der Waals surface area contributed by atoms with Crippen molar-refractivity contribution in [1.29, 1.82) is 0 Å². The molecule has 1 aromatic heterocycles. The number of aromatic nitrogens is 2. The van der Waals surface area contributed by atoms with E-state index in [1.165, 1.54) is 16.2 Å². The number of anilines is 1. The van der Waals surface area contributed by atoms with E-state index < -0.39 is 6.43 Å². The maximum atomic E-state index is 12.0. The molecule has 0 radical (unpaired) electrons. The molecule has 0 amide bonds. The number of hydrogen-bond donors (Lipinski definition) is 1. The number of halogens is 2. The summed E-state index contributed by atoms with van der Waals surface area (Å²) in [5, 5.41) is 11.9. The summed E-state index contributed by atoms with van der Waals surface area (Å²) in [6.07, 6.45) is -2.31. The van der Waals surface area contributed by atoms with Crippen LogP contribution in [-0.2, 0) is 6.54 Å². The maximum absolute atomic E-state index is 12.0. The summed E-state index contributed by atoms with van der Waals surface area (Å²) in [6.45, 7) is 0.165. The molecule has 1 rings (SSSR count). The third-order valence-electron chi connectivity index (χ3n) is 1.54. The Hall–Kier alpha value is -0.820. The minimum atomic E-state index is -2.31. The van der Waals surface area contributed by atoms with Gasteiger partial charge in [-0.15, -0.1) is 10.2 Å². The number of nitrogens with one attached hydrogen (secondary N) is 1.